The number of nitrogens with zero attached hydrogens (tertiary/aromatic N) is 3. The third-order valence-corrected chi connectivity index (χ3v) is 6.19. The van der Waals surface area contributed by atoms with Gasteiger partial charge in [0.05, 0.1) is 29.5 Å². The van der Waals surface area contributed by atoms with E-state index in [-0.39, 0.29) is 23.3 Å². The zero-order chi connectivity index (χ0) is 26.2. The van der Waals surface area contributed by atoms with Crippen LogP contribution < -0.4 is 20.3 Å². The monoisotopic (exact) mass is 513 g/mol. The van der Waals surface area contributed by atoms with Crippen LogP contribution in [-0.4, -0.2) is 54.4 Å². The Morgan fingerprint density at radius 3 is 2.62 bits per heavy atom. The summed E-state index contributed by atoms with van der Waals surface area (Å²) in [6.45, 7) is 1.68. The van der Waals surface area contributed by atoms with Gasteiger partial charge in [0.2, 0.25) is 0 Å². The van der Waals surface area contributed by atoms with Crippen molar-refractivity contribution in [2.75, 3.05) is 30.4 Å². The number of carbonyl (C=O) groups excluding carboxylic acids is 2. The predicted molar refractivity (Wildman–Crippen MR) is 127 cm³/mol. The van der Waals surface area contributed by atoms with Crippen LogP contribution in [0.2, 0.25) is 0 Å². The normalized spacial score (nSPS) is 16.9. The van der Waals surface area contributed by atoms with Gasteiger partial charge in [-0.05, 0) is 42.8 Å². The largest absolute Gasteiger partial charge is 0.573 e. The van der Waals surface area contributed by atoms with Gasteiger partial charge in [-0.1, -0.05) is 0 Å². The lowest BCUT2D eigenvalue weighted by molar-refractivity contribution is -0.274. The summed E-state index contributed by atoms with van der Waals surface area (Å²) in [6.07, 6.45) is -0.863. The van der Waals surface area contributed by atoms with Crippen molar-refractivity contribution in [3.05, 3.63) is 65.6 Å². The number of pyridine rings is 2. The van der Waals surface area contributed by atoms with Crippen LogP contribution in [0.5, 0.6) is 5.75 Å². The fourth-order valence-electron chi connectivity index (χ4n) is 4.34. The lowest BCUT2D eigenvalue weighted by atomic mass is 10.0. The number of hydrogen-bond acceptors (Lipinski definition) is 7. The number of nitrogens with one attached hydrogen (secondary N) is 2. The molecule has 1 aromatic carbocycles. The van der Waals surface area contributed by atoms with E-state index >= 15 is 0 Å². The van der Waals surface area contributed by atoms with Crippen molar-refractivity contribution in [2.24, 2.45) is 0 Å². The van der Waals surface area contributed by atoms with Gasteiger partial charge >= 0.3 is 6.36 Å². The van der Waals surface area contributed by atoms with Crippen LogP contribution in [0, 0.1) is 0 Å². The highest BCUT2D eigenvalue weighted by atomic mass is 19.4. The number of alkyl halides is 3. The average molecular weight is 513 g/mol. The van der Waals surface area contributed by atoms with Gasteiger partial charge in [-0.2, -0.15) is 0 Å². The molecule has 0 radical (unpaired) electrons. The minimum Gasteiger partial charge on any atom is -0.406 e. The van der Waals surface area contributed by atoms with Crippen LogP contribution in [0.4, 0.5) is 24.7 Å². The Bertz CT molecular complexity index is 1350. The number of anilines is 2. The van der Waals surface area contributed by atoms with Gasteiger partial charge in [-0.15, -0.1) is 13.2 Å². The molecule has 12 heteroatoms. The van der Waals surface area contributed by atoms with Crippen LogP contribution in [0.15, 0.2) is 48.8 Å². The Morgan fingerprint density at radius 2 is 1.92 bits per heavy atom. The molecule has 2 aromatic heterocycles. The first-order valence-corrected chi connectivity index (χ1v) is 11.4. The molecule has 9 nitrogen and oxygen atoms in total. The summed E-state index contributed by atoms with van der Waals surface area (Å²) >= 11 is 0. The Kier molecular flexibility index (Phi) is 6.42. The highest BCUT2D eigenvalue weighted by Gasteiger charge is 2.31. The number of benzene rings is 1. The number of methoxy groups -OCH3 is 1. The first kappa shape index (κ1) is 24.5. The number of halogens is 3. The third kappa shape index (κ3) is 5.33. The van der Waals surface area contributed by atoms with E-state index in [1.54, 1.807) is 25.4 Å². The van der Waals surface area contributed by atoms with Gasteiger partial charge in [-0.3, -0.25) is 14.6 Å². The minimum absolute atomic E-state index is 0.0471. The number of aromatic nitrogens is 2. The van der Waals surface area contributed by atoms with Crippen LogP contribution in [-0.2, 0) is 11.3 Å². The van der Waals surface area contributed by atoms with Crippen molar-refractivity contribution in [2.45, 2.75) is 25.4 Å². The molecule has 1 atom stereocenters. The summed E-state index contributed by atoms with van der Waals surface area (Å²) in [5.74, 6) is -0.490. The van der Waals surface area contributed by atoms with E-state index in [9.17, 15) is 22.8 Å². The zero-order valence-electron chi connectivity index (χ0n) is 19.6. The SMILES string of the molecule is CO[C@H]1CCN(c2ncc(C(=O)Nc3ccc(OC(F)(F)F)cc3)cc2-c2cnc3c(c2)C(=O)NC3)C1. The molecular weight excluding hydrogens is 491 g/mol. The molecule has 37 heavy (non-hydrogen) atoms. The summed E-state index contributed by atoms with van der Waals surface area (Å²) < 4.78 is 46.5. The smallest absolute Gasteiger partial charge is 0.406 e. The van der Waals surface area contributed by atoms with Crippen molar-refractivity contribution in [3.8, 4) is 16.9 Å². The quantitative estimate of drug-likeness (QED) is 0.517. The van der Waals surface area contributed by atoms with Gasteiger partial charge in [-0.25, -0.2) is 4.98 Å². The van der Waals surface area contributed by atoms with E-state index < -0.39 is 18.0 Å². The van der Waals surface area contributed by atoms with Crippen molar-refractivity contribution in [1.29, 1.82) is 0 Å². The minimum atomic E-state index is -4.81. The maximum Gasteiger partial charge on any atom is 0.573 e. The molecule has 5 rings (SSSR count). The molecule has 192 valence electrons. The molecule has 0 bridgehead atoms. The summed E-state index contributed by atoms with van der Waals surface area (Å²) in [5, 5.41) is 5.39. The number of hydrogen-bond donors (Lipinski definition) is 2. The molecule has 4 heterocycles. The summed E-state index contributed by atoms with van der Waals surface area (Å²) in [7, 11) is 1.65. The highest BCUT2D eigenvalue weighted by Crippen LogP contribution is 2.34. The molecule has 0 unspecified atom stereocenters. The first-order valence-electron chi connectivity index (χ1n) is 11.4. The topological polar surface area (TPSA) is 106 Å². The van der Waals surface area contributed by atoms with Gasteiger partial charge in [0.25, 0.3) is 11.8 Å². The fraction of sp³-hybridized carbons (Fsp3) is 0.280. The second-order valence-electron chi connectivity index (χ2n) is 8.61. The van der Waals surface area contributed by atoms with E-state index in [0.29, 0.717) is 47.8 Å². The third-order valence-electron chi connectivity index (χ3n) is 6.19. The molecule has 2 amide bonds. The van der Waals surface area contributed by atoms with Crippen LogP contribution in [0.3, 0.4) is 0 Å². The number of amides is 2. The summed E-state index contributed by atoms with van der Waals surface area (Å²) in [4.78, 5) is 36.3. The van der Waals surface area contributed by atoms with E-state index in [0.717, 1.165) is 18.6 Å². The van der Waals surface area contributed by atoms with E-state index in [1.807, 2.05) is 0 Å². The molecule has 1 saturated heterocycles. The molecule has 3 aromatic rings. The Hall–Kier alpha value is -4.19. The Balaban J connectivity index is 1.44. The van der Waals surface area contributed by atoms with Gasteiger partial charge < -0.3 is 25.0 Å². The average Bonchev–Trinajstić information content (AvgIpc) is 3.50. The van der Waals surface area contributed by atoms with Crippen molar-refractivity contribution < 1.29 is 32.2 Å². The van der Waals surface area contributed by atoms with Crippen LogP contribution >= 0.6 is 0 Å². The second-order valence-corrected chi connectivity index (χ2v) is 8.61. The highest BCUT2D eigenvalue weighted by molar-refractivity contribution is 6.05. The molecule has 0 aliphatic carbocycles. The molecule has 2 aliphatic rings. The predicted octanol–water partition coefficient (Wildman–Crippen LogP) is 3.76. The standard InChI is InChI=1S/C25H22F3N5O4/c1-36-18-6-7-33(13-18)22-19(14-8-20-21(29-10-14)12-31-24(20)35)9-15(11-30-22)23(34)32-16-2-4-17(5-3-16)37-25(26,27)28/h2-5,8-11,18H,6-7,12-13H2,1H3,(H,31,35)(H,32,34)/t18-/m0/s1. The van der Waals surface area contributed by atoms with E-state index in [2.05, 4.69) is 30.2 Å². The Labute approximate surface area is 209 Å². The Morgan fingerprint density at radius 1 is 1.14 bits per heavy atom. The fourth-order valence-corrected chi connectivity index (χ4v) is 4.34. The van der Waals surface area contributed by atoms with Gasteiger partial charge in [0.1, 0.15) is 11.6 Å². The molecule has 2 aliphatic heterocycles. The van der Waals surface area contributed by atoms with Crippen LogP contribution in [0.25, 0.3) is 11.1 Å². The summed E-state index contributed by atoms with van der Waals surface area (Å²) in [6, 6.07) is 8.22. The zero-order valence-corrected chi connectivity index (χ0v) is 19.6. The molecule has 0 saturated carbocycles. The van der Waals surface area contributed by atoms with Gasteiger partial charge in [0, 0.05) is 49.4 Å². The molecule has 1 fully saturated rings. The lowest BCUT2D eigenvalue weighted by Crippen LogP contribution is -2.24. The lowest BCUT2D eigenvalue weighted by Gasteiger charge is -2.21. The maximum absolute atomic E-state index is 13.0. The maximum atomic E-state index is 13.0. The van der Waals surface area contributed by atoms with Crippen LogP contribution in [0.1, 0.15) is 32.8 Å². The van der Waals surface area contributed by atoms with Gasteiger partial charge in [0.15, 0.2) is 0 Å². The molecule has 2 N–H and O–H groups in total. The number of carbonyl (C=O) groups is 2. The van der Waals surface area contributed by atoms with Crippen molar-refractivity contribution in [1.82, 2.24) is 15.3 Å². The van der Waals surface area contributed by atoms with E-state index in [4.69, 9.17) is 4.74 Å². The van der Waals surface area contributed by atoms with E-state index in [1.165, 1.54) is 18.3 Å². The summed E-state index contributed by atoms with van der Waals surface area (Å²) in [5.41, 5.74) is 2.87. The second kappa shape index (κ2) is 9.69. The first-order chi connectivity index (χ1) is 17.7. The molecular formula is C25H22F3N5O4. The van der Waals surface area contributed by atoms with Crippen molar-refractivity contribution in [3.63, 3.8) is 0 Å². The van der Waals surface area contributed by atoms with Crippen molar-refractivity contribution >= 4 is 23.3 Å². The number of ether oxygens (including phenoxy) is 2. The number of rotatable bonds is 6. The number of fused-ring (bicyclic) bond motifs is 1. The molecule has 0 spiro atoms.